The minimum absolute atomic E-state index is 0.0630. The first-order valence-electron chi connectivity index (χ1n) is 10.2. The monoisotopic (exact) mass is 451 g/mol. The summed E-state index contributed by atoms with van der Waals surface area (Å²) in [5.41, 5.74) is -1.25. The highest BCUT2D eigenvalue weighted by atomic mass is 16.3. The predicted octanol–water partition coefficient (Wildman–Crippen LogP) is 0.287. The number of hydrogen-bond acceptors (Lipinski definition) is 8. The Bertz CT molecular complexity index is 1670. The normalized spacial score (nSPS) is 11.7. The van der Waals surface area contributed by atoms with E-state index in [1.54, 1.807) is 18.2 Å². The Morgan fingerprint density at radius 1 is 1.06 bits per heavy atom. The van der Waals surface area contributed by atoms with E-state index in [9.17, 15) is 24.3 Å². The molecule has 0 radical (unpaired) electrons. The quantitative estimate of drug-likeness (QED) is 0.326. The Morgan fingerprint density at radius 2 is 1.82 bits per heavy atom. The lowest BCUT2D eigenvalue weighted by Gasteiger charge is -2.07. The molecule has 0 atom stereocenters. The van der Waals surface area contributed by atoms with Crippen LogP contribution in [0.3, 0.4) is 0 Å². The fourth-order valence-electron chi connectivity index (χ4n) is 3.38. The largest absolute Gasteiger partial charge is 0.494 e. The molecule has 0 bridgehead atoms. The van der Waals surface area contributed by atoms with Crippen LogP contribution in [0.1, 0.15) is 25.3 Å². The highest BCUT2D eigenvalue weighted by molar-refractivity contribution is 5.88. The Morgan fingerprint density at radius 3 is 2.55 bits per heavy atom. The highest BCUT2D eigenvalue weighted by Crippen LogP contribution is 2.20. The van der Waals surface area contributed by atoms with E-state index in [0.717, 1.165) is 26.3 Å². The molecule has 4 aromatic rings. The summed E-state index contributed by atoms with van der Waals surface area (Å²) < 4.78 is 2.91. The van der Waals surface area contributed by atoms with E-state index < -0.39 is 28.4 Å². The molecule has 1 aromatic carbocycles. The Hall–Kier alpha value is -4.35. The molecule has 3 heterocycles. The lowest BCUT2D eigenvalue weighted by Crippen LogP contribution is -2.38. The van der Waals surface area contributed by atoms with E-state index in [1.165, 1.54) is 14.1 Å². The number of aliphatic imine (C=N–C) groups is 1. The van der Waals surface area contributed by atoms with Crippen molar-refractivity contribution in [2.24, 2.45) is 19.1 Å². The van der Waals surface area contributed by atoms with E-state index >= 15 is 0 Å². The van der Waals surface area contributed by atoms with Gasteiger partial charge in [0.05, 0.1) is 16.7 Å². The maximum atomic E-state index is 12.7. The van der Waals surface area contributed by atoms with Crippen LogP contribution >= 0.6 is 0 Å². The first-order chi connectivity index (χ1) is 15.7. The second-order valence-electron chi connectivity index (χ2n) is 7.54. The van der Waals surface area contributed by atoms with Crippen LogP contribution in [-0.2, 0) is 20.6 Å². The van der Waals surface area contributed by atoms with Crippen molar-refractivity contribution >= 4 is 34.1 Å². The first-order valence-corrected chi connectivity index (χ1v) is 10.2. The minimum atomic E-state index is -0.692. The molecular formula is C21H21N7O5. The van der Waals surface area contributed by atoms with Crippen molar-refractivity contribution in [1.82, 2.24) is 28.7 Å². The van der Waals surface area contributed by atoms with Gasteiger partial charge in [0.15, 0.2) is 11.2 Å². The van der Waals surface area contributed by atoms with Crippen molar-refractivity contribution in [3.05, 3.63) is 65.4 Å². The summed E-state index contributed by atoms with van der Waals surface area (Å²) in [5.74, 6) is -0.504. The van der Waals surface area contributed by atoms with E-state index in [0.29, 0.717) is 29.7 Å². The number of aromatic hydroxyl groups is 1. The molecule has 2 N–H and O–H groups in total. The molecular weight excluding hydrogens is 430 g/mol. The van der Waals surface area contributed by atoms with Gasteiger partial charge in [0.1, 0.15) is 5.56 Å². The number of hydrogen-bond donors (Lipinski definition) is 2. The van der Waals surface area contributed by atoms with Crippen LogP contribution in [-0.4, -0.2) is 40.0 Å². The SMILES string of the molecule is CCCCn1c(=O)[nH]c2nc3cc(N=Cc4c(O)n(C)c(=O)n(C)c4=O)ccc3nc2c1=O. The fourth-order valence-corrected chi connectivity index (χ4v) is 3.38. The number of nitrogens with one attached hydrogen (secondary N) is 1. The topological polar surface area (TPSA) is 157 Å². The van der Waals surface area contributed by atoms with Crippen molar-refractivity contribution in [3.8, 4) is 5.88 Å². The zero-order valence-electron chi connectivity index (χ0n) is 18.2. The standard InChI is InChI=1S/C21H21N7O5/c1-4-5-8-28-19(31)15-16(25-20(28)32)24-14-9-11(6-7-13(14)23-15)22-10-12-17(29)26(2)21(33)27(3)18(12)30/h6-7,9-10,29H,4-5,8H2,1-3H3,(H,24,25,32). The number of aromatic amines is 1. The van der Waals surface area contributed by atoms with Gasteiger partial charge in [0.2, 0.25) is 5.88 Å². The van der Waals surface area contributed by atoms with Crippen LogP contribution in [0.15, 0.2) is 42.4 Å². The van der Waals surface area contributed by atoms with Crippen LogP contribution in [0, 0.1) is 0 Å². The van der Waals surface area contributed by atoms with Crippen LogP contribution < -0.4 is 22.5 Å². The average Bonchev–Trinajstić information content (AvgIpc) is 2.80. The second-order valence-corrected chi connectivity index (χ2v) is 7.54. The summed E-state index contributed by atoms with van der Waals surface area (Å²) in [6.45, 7) is 2.26. The smallest absolute Gasteiger partial charge is 0.333 e. The Balaban J connectivity index is 1.80. The molecule has 3 aromatic heterocycles. The summed E-state index contributed by atoms with van der Waals surface area (Å²) in [6.07, 6.45) is 2.67. The maximum Gasteiger partial charge on any atom is 0.333 e. The van der Waals surface area contributed by atoms with E-state index in [4.69, 9.17) is 0 Å². The fraction of sp³-hybridized carbons (Fsp3) is 0.286. The van der Waals surface area contributed by atoms with Gasteiger partial charge in [0, 0.05) is 26.9 Å². The third kappa shape index (κ3) is 3.75. The number of fused-ring (bicyclic) bond motifs is 2. The summed E-state index contributed by atoms with van der Waals surface area (Å²) in [5, 5.41) is 10.2. The third-order valence-corrected chi connectivity index (χ3v) is 5.31. The van der Waals surface area contributed by atoms with Gasteiger partial charge in [-0.05, 0) is 24.6 Å². The van der Waals surface area contributed by atoms with E-state index in [-0.39, 0.29) is 16.7 Å². The lowest BCUT2D eigenvalue weighted by molar-refractivity contribution is 0.410. The number of benzene rings is 1. The molecule has 170 valence electrons. The summed E-state index contributed by atoms with van der Waals surface area (Å²) in [6, 6.07) is 4.76. The molecule has 12 heteroatoms. The molecule has 4 rings (SSSR count). The predicted molar refractivity (Wildman–Crippen MR) is 123 cm³/mol. The van der Waals surface area contributed by atoms with Crippen LogP contribution in [0.25, 0.3) is 22.2 Å². The number of unbranched alkanes of at least 4 members (excludes halogenated alkanes) is 1. The minimum Gasteiger partial charge on any atom is -0.494 e. The van der Waals surface area contributed by atoms with Crippen molar-refractivity contribution in [2.75, 3.05) is 0 Å². The summed E-state index contributed by atoms with van der Waals surface area (Å²) in [7, 11) is 2.64. The summed E-state index contributed by atoms with van der Waals surface area (Å²) >= 11 is 0. The molecule has 0 fully saturated rings. The zero-order chi connectivity index (χ0) is 23.9. The van der Waals surface area contributed by atoms with Gasteiger partial charge in [-0.25, -0.2) is 19.6 Å². The number of H-pyrrole nitrogens is 1. The third-order valence-electron chi connectivity index (χ3n) is 5.31. The zero-order valence-corrected chi connectivity index (χ0v) is 18.2. The molecule has 0 spiro atoms. The van der Waals surface area contributed by atoms with Gasteiger partial charge in [-0.15, -0.1) is 0 Å². The van der Waals surface area contributed by atoms with Gasteiger partial charge in [0.25, 0.3) is 11.1 Å². The second kappa shape index (κ2) is 8.30. The van der Waals surface area contributed by atoms with Gasteiger partial charge in [-0.1, -0.05) is 13.3 Å². The molecule has 0 aliphatic heterocycles. The van der Waals surface area contributed by atoms with E-state index in [2.05, 4.69) is 19.9 Å². The summed E-state index contributed by atoms with van der Waals surface area (Å²) in [4.78, 5) is 64.7. The number of rotatable bonds is 5. The average molecular weight is 451 g/mol. The molecule has 0 aliphatic carbocycles. The van der Waals surface area contributed by atoms with Crippen LogP contribution in [0.2, 0.25) is 0 Å². The molecule has 33 heavy (non-hydrogen) atoms. The molecule has 0 unspecified atom stereocenters. The Kier molecular flexibility index (Phi) is 5.50. The molecule has 0 aliphatic rings. The molecule has 12 nitrogen and oxygen atoms in total. The van der Waals surface area contributed by atoms with Gasteiger partial charge >= 0.3 is 11.4 Å². The molecule has 0 amide bonds. The highest BCUT2D eigenvalue weighted by Gasteiger charge is 2.14. The van der Waals surface area contributed by atoms with Crippen LogP contribution in [0.4, 0.5) is 5.69 Å². The van der Waals surface area contributed by atoms with Gasteiger partial charge < -0.3 is 5.11 Å². The maximum absolute atomic E-state index is 12.7. The van der Waals surface area contributed by atoms with Crippen molar-refractivity contribution in [3.63, 3.8) is 0 Å². The first kappa shape index (κ1) is 21.9. The van der Waals surface area contributed by atoms with Crippen molar-refractivity contribution in [2.45, 2.75) is 26.3 Å². The molecule has 0 saturated heterocycles. The van der Waals surface area contributed by atoms with Crippen molar-refractivity contribution in [1.29, 1.82) is 0 Å². The van der Waals surface area contributed by atoms with E-state index in [1.807, 2.05) is 6.92 Å². The van der Waals surface area contributed by atoms with Gasteiger partial charge in [-0.2, -0.15) is 0 Å². The van der Waals surface area contributed by atoms with Crippen molar-refractivity contribution < 1.29 is 5.11 Å². The van der Waals surface area contributed by atoms with Crippen LogP contribution in [0.5, 0.6) is 5.88 Å². The van der Waals surface area contributed by atoms with Gasteiger partial charge in [-0.3, -0.25) is 33.3 Å². The lowest BCUT2D eigenvalue weighted by atomic mass is 10.2. The Labute approximate surface area is 185 Å². The number of nitrogens with zero attached hydrogens (tertiary/aromatic N) is 6. The molecule has 0 saturated carbocycles. The number of aromatic nitrogens is 6.